The average molecular weight is 355 g/mol. The van der Waals surface area contributed by atoms with Crippen molar-refractivity contribution in [2.45, 2.75) is 39.2 Å². The Morgan fingerprint density at radius 2 is 1.63 bits per heavy atom. The molecule has 27 heavy (non-hydrogen) atoms. The van der Waals surface area contributed by atoms with Crippen molar-refractivity contribution >= 4 is 21.5 Å². The van der Waals surface area contributed by atoms with Crippen molar-refractivity contribution in [3.63, 3.8) is 0 Å². The Labute approximate surface area is 160 Å². The zero-order chi connectivity index (χ0) is 19.2. The highest BCUT2D eigenvalue weighted by Gasteiger charge is 2.25. The summed E-state index contributed by atoms with van der Waals surface area (Å²) in [6.07, 6.45) is 1.87. The van der Waals surface area contributed by atoms with Crippen molar-refractivity contribution in [1.29, 1.82) is 0 Å². The third kappa shape index (κ3) is 3.11. The van der Waals surface area contributed by atoms with Crippen LogP contribution < -0.4 is 0 Å². The van der Waals surface area contributed by atoms with Gasteiger partial charge < -0.3 is 5.11 Å². The quantitative estimate of drug-likeness (QED) is 0.461. The van der Waals surface area contributed by atoms with E-state index in [0.29, 0.717) is 5.92 Å². The number of nitrogens with zero attached hydrogens (tertiary/aromatic N) is 1. The topological polar surface area (TPSA) is 33.1 Å². The lowest BCUT2D eigenvalue weighted by molar-refractivity contribution is 0.0807. The summed E-state index contributed by atoms with van der Waals surface area (Å²) in [5.74, 6) is 0.485. The lowest BCUT2D eigenvalue weighted by Gasteiger charge is -2.24. The first-order chi connectivity index (χ1) is 12.9. The summed E-state index contributed by atoms with van der Waals surface area (Å²) in [6, 6.07) is 21.1. The van der Waals surface area contributed by atoms with E-state index in [-0.39, 0.29) is 0 Å². The minimum Gasteiger partial charge on any atom is -0.386 e. The molecule has 0 aliphatic heterocycles. The third-order valence-corrected chi connectivity index (χ3v) is 5.25. The van der Waals surface area contributed by atoms with E-state index in [1.165, 1.54) is 10.9 Å². The maximum Gasteiger partial charge on any atom is 0.0853 e. The van der Waals surface area contributed by atoms with E-state index in [2.05, 4.69) is 62.4 Å². The summed E-state index contributed by atoms with van der Waals surface area (Å²) in [4.78, 5) is 4.72. The van der Waals surface area contributed by atoms with Gasteiger partial charge >= 0.3 is 0 Å². The summed E-state index contributed by atoms with van der Waals surface area (Å²) in [5.41, 5.74) is 3.18. The van der Waals surface area contributed by atoms with Crippen LogP contribution in [0.3, 0.4) is 0 Å². The van der Waals surface area contributed by atoms with Gasteiger partial charge in [0.25, 0.3) is 0 Å². The number of fused-ring (bicyclic) bond motifs is 2. The fourth-order valence-corrected chi connectivity index (χ4v) is 3.90. The van der Waals surface area contributed by atoms with Crippen molar-refractivity contribution in [1.82, 2.24) is 4.98 Å². The molecule has 0 spiro atoms. The van der Waals surface area contributed by atoms with Crippen molar-refractivity contribution in [3.8, 4) is 11.3 Å². The van der Waals surface area contributed by atoms with Crippen LogP contribution >= 0.6 is 0 Å². The van der Waals surface area contributed by atoms with Gasteiger partial charge in [0.1, 0.15) is 0 Å². The molecular weight excluding hydrogens is 330 g/mol. The summed E-state index contributed by atoms with van der Waals surface area (Å²) < 4.78 is 0. The zero-order valence-corrected chi connectivity index (χ0v) is 16.3. The minimum absolute atomic E-state index is 0.485. The highest BCUT2D eigenvalue weighted by atomic mass is 16.3. The van der Waals surface area contributed by atoms with E-state index < -0.39 is 5.60 Å². The normalized spacial score (nSPS) is 12.2. The molecule has 0 atom stereocenters. The van der Waals surface area contributed by atoms with Crippen LogP contribution in [0.1, 0.15) is 44.7 Å². The van der Waals surface area contributed by atoms with Crippen molar-refractivity contribution in [3.05, 3.63) is 78.0 Å². The van der Waals surface area contributed by atoms with E-state index in [1.54, 1.807) is 0 Å². The molecule has 0 fully saturated rings. The number of pyridine rings is 1. The van der Waals surface area contributed by atoms with Gasteiger partial charge in [0.05, 0.1) is 11.3 Å². The molecule has 0 amide bonds. The summed E-state index contributed by atoms with van der Waals surface area (Å²) >= 11 is 0. The molecule has 2 heteroatoms. The first-order valence-corrected chi connectivity index (χ1v) is 9.50. The van der Waals surface area contributed by atoms with Crippen LogP contribution in [0.5, 0.6) is 0 Å². The van der Waals surface area contributed by atoms with Crippen LogP contribution in [0.25, 0.3) is 32.8 Å². The van der Waals surface area contributed by atoms with Crippen LogP contribution in [-0.4, -0.2) is 10.1 Å². The molecule has 1 aromatic heterocycles. The second-order valence-electron chi connectivity index (χ2n) is 8.06. The largest absolute Gasteiger partial charge is 0.386 e. The Kier molecular flexibility index (Phi) is 4.24. The SMILES string of the molecule is CC(C)c1ccc2c(-c3ccc4ccccc4c3C(C)(C)O)nccc2c1. The lowest BCUT2D eigenvalue weighted by Crippen LogP contribution is -2.17. The molecule has 0 unspecified atom stereocenters. The predicted octanol–water partition coefficient (Wildman–Crippen LogP) is 6.41. The number of rotatable bonds is 3. The van der Waals surface area contributed by atoms with Crippen LogP contribution in [0, 0.1) is 0 Å². The highest BCUT2D eigenvalue weighted by Crippen LogP contribution is 2.39. The average Bonchev–Trinajstić information content (AvgIpc) is 2.65. The van der Waals surface area contributed by atoms with E-state index in [1.807, 2.05) is 32.2 Å². The Bertz CT molecular complexity index is 1140. The highest BCUT2D eigenvalue weighted by molar-refractivity contribution is 6.00. The molecule has 0 bridgehead atoms. The third-order valence-electron chi connectivity index (χ3n) is 5.25. The summed E-state index contributed by atoms with van der Waals surface area (Å²) in [5, 5.41) is 15.5. The van der Waals surface area contributed by atoms with Gasteiger partial charge in [-0.1, -0.05) is 68.4 Å². The van der Waals surface area contributed by atoms with Gasteiger partial charge in [-0.3, -0.25) is 4.98 Å². The van der Waals surface area contributed by atoms with Crippen molar-refractivity contribution in [2.24, 2.45) is 0 Å². The molecule has 1 heterocycles. The molecule has 0 aliphatic carbocycles. The molecule has 0 aliphatic rings. The minimum atomic E-state index is -0.974. The van der Waals surface area contributed by atoms with E-state index in [9.17, 15) is 5.11 Å². The maximum atomic E-state index is 11.0. The summed E-state index contributed by atoms with van der Waals surface area (Å²) in [7, 11) is 0. The first-order valence-electron chi connectivity index (χ1n) is 9.50. The van der Waals surface area contributed by atoms with Crippen LogP contribution in [0.15, 0.2) is 66.9 Å². The molecule has 0 radical (unpaired) electrons. The Morgan fingerprint density at radius 3 is 2.37 bits per heavy atom. The van der Waals surface area contributed by atoms with Gasteiger partial charge in [-0.25, -0.2) is 0 Å². The number of hydrogen-bond donors (Lipinski definition) is 1. The van der Waals surface area contributed by atoms with Gasteiger partial charge in [0.15, 0.2) is 0 Å². The van der Waals surface area contributed by atoms with Crippen LogP contribution in [-0.2, 0) is 5.60 Å². The van der Waals surface area contributed by atoms with Crippen molar-refractivity contribution in [2.75, 3.05) is 0 Å². The number of hydrogen-bond acceptors (Lipinski definition) is 2. The molecular formula is C25H25NO. The molecule has 0 saturated carbocycles. The second-order valence-corrected chi connectivity index (χ2v) is 8.06. The van der Waals surface area contributed by atoms with E-state index >= 15 is 0 Å². The molecule has 4 rings (SSSR count). The maximum absolute atomic E-state index is 11.0. The van der Waals surface area contributed by atoms with E-state index in [0.717, 1.165) is 33.0 Å². The smallest absolute Gasteiger partial charge is 0.0853 e. The predicted molar refractivity (Wildman–Crippen MR) is 114 cm³/mol. The van der Waals surface area contributed by atoms with Gasteiger partial charge in [-0.05, 0) is 47.6 Å². The number of aromatic nitrogens is 1. The van der Waals surface area contributed by atoms with Crippen molar-refractivity contribution < 1.29 is 5.11 Å². The van der Waals surface area contributed by atoms with Gasteiger partial charge in [0, 0.05) is 22.7 Å². The number of benzene rings is 3. The van der Waals surface area contributed by atoms with E-state index in [4.69, 9.17) is 4.98 Å². The van der Waals surface area contributed by atoms with Gasteiger partial charge in [-0.2, -0.15) is 0 Å². The summed E-state index contributed by atoms with van der Waals surface area (Å²) in [6.45, 7) is 8.11. The number of aliphatic hydroxyl groups is 1. The fourth-order valence-electron chi connectivity index (χ4n) is 3.90. The zero-order valence-electron chi connectivity index (χ0n) is 16.3. The Hall–Kier alpha value is -2.71. The molecule has 2 nitrogen and oxygen atoms in total. The molecule has 0 saturated heterocycles. The van der Waals surface area contributed by atoms with Gasteiger partial charge in [-0.15, -0.1) is 0 Å². The Balaban J connectivity index is 2.06. The van der Waals surface area contributed by atoms with Crippen LogP contribution in [0.2, 0.25) is 0 Å². The van der Waals surface area contributed by atoms with Crippen LogP contribution in [0.4, 0.5) is 0 Å². The Morgan fingerprint density at radius 1 is 0.852 bits per heavy atom. The second kappa shape index (κ2) is 6.47. The monoisotopic (exact) mass is 355 g/mol. The molecule has 3 aromatic carbocycles. The molecule has 1 N–H and O–H groups in total. The first kappa shape index (κ1) is 17.7. The fraction of sp³-hybridized carbons (Fsp3) is 0.240. The lowest BCUT2D eigenvalue weighted by atomic mass is 9.85. The van der Waals surface area contributed by atoms with Gasteiger partial charge in [0.2, 0.25) is 0 Å². The molecule has 4 aromatic rings. The standard InChI is InChI=1S/C25H25NO/c1-16(2)18-10-11-21-19(15-18)13-14-26-24(21)22-12-9-17-7-5-6-8-20(17)23(22)25(3,4)27/h5-16,27H,1-4H3. The molecule has 136 valence electrons.